The Morgan fingerprint density at radius 2 is 0.554 bits per heavy atom. The van der Waals surface area contributed by atoms with E-state index in [1.54, 1.807) is 0 Å². The van der Waals surface area contributed by atoms with E-state index in [2.05, 4.69) is 142 Å². The maximum Gasteiger partial charge on any atom is 0.306 e. The molecule has 418 valence electrons. The molecule has 0 aromatic rings. The van der Waals surface area contributed by atoms with E-state index in [9.17, 15) is 14.4 Å². The third-order valence-corrected chi connectivity index (χ3v) is 12.4. The van der Waals surface area contributed by atoms with Gasteiger partial charge in [-0.25, -0.2) is 0 Å². The smallest absolute Gasteiger partial charge is 0.306 e. The van der Waals surface area contributed by atoms with Gasteiger partial charge in [-0.05, 0) is 128 Å². The molecule has 6 heteroatoms. The minimum Gasteiger partial charge on any atom is -0.462 e. The molecule has 0 bridgehead atoms. The van der Waals surface area contributed by atoms with E-state index in [4.69, 9.17) is 14.2 Å². The average molecular weight is 1020 g/mol. The van der Waals surface area contributed by atoms with Crippen LogP contribution >= 0.6 is 0 Å². The van der Waals surface area contributed by atoms with Crippen LogP contribution in [0.25, 0.3) is 0 Å². The molecular weight excluding hydrogens is 913 g/mol. The average Bonchev–Trinajstić information content (AvgIpc) is 3.40. The van der Waals surface area contributed by atoms with E-state index in [0.29, 0.717) is 19.3 Å². The summed E-state index contributed by atoms with van der Waals surface area (Å²) in [5.41, 5.74) is 0. The summed E-state index contributed by atoms with van der Waals surface area (Å²) in [7, 11) is 0. The quantitative estimate of drug-likeness (QED) is 0.0261. The minimum absolute atomic E-state index is 0.124. The van der Waals surface area contributed by atoms with Crippen molar-refractivity contribution < 1.29 is 28.6 Å². The number of ether oxygens (including phenoxy) is 3. The molecule has 0 saturated carbocycles. The maximum atomic E-state index is 12.9. The first-order valence-electron chi connectivity index (χ1n) is 30.2. The molecule has 0 amide bonds. The van der Waals surface area contributed by atoms with Gasteiger partial charge in [0, 0.05) is 19.3 Å². The Morgan fingerprint density at radius 1 is 0.284 bits per heavy atom. The van der Waals surface area contributed by atoms with Gasteiger partial charge in [0.2, 0.25) is 0 Å². The Hall–Kier alpha value is -4.45. The Labute approximate surface area is 455 Å². The number of esters is 3. The van der Waals surface area contributed by atoms with Crippen LogP contribution < -0.4 is 0 Å². The summed E-state index contributed by atoms with van der Waals surface area (Å²) in [6, 6.07) is 0. The predicted octanol–water partition coefficient (Wildman–Crippen LogP) is 20.6. The van der Waals surface area contributed by atoms with E-state index in [1.165, 1.54) is 83.5 Å². The third-order valence-electron chi connectivity index (χ3n) is 12.4. The summed E-state index contributed by atoms with van der Waals surface area (Å²) in [4.78, 5) is 38.2. The molecule has 74 heavy (non-hydrogen) atoms. The Morgan fingerprint density at radius 3 is 0.892 bits per heavy atom. The van der Waals surface area contributed by atoms with E-state index in [0.717, 1.165) is 128 Å². The lowest BCUT2D eigenvalue weighted by Gasteiger charge is -2.18. The van der Waals surface area contributed by atoms with Gasteiger partial charge in [0.15, 0.2) is 6.10 Å². The van der Waals surface area contributed by atoms with Crippen LogP contribution in [0.5, 0.6) is 0 Å². The molecule has 1 unspecified atom stereocenters. The fourth-order valence-corrected chi connectivity index (χ4v) is 7.86. The van der Waals surface area contributed by atoms with Crippen molar-refractivity contribution in [3.8, 4) is 0 Å². The number of allylic oxidation sites excluding steroid dienone is 22. The molecule has 6 nitrogen and oxygen atoms in total. The lowest BCUT2D eigenvalue weighted by atomic mass is 10.1. The molecule has 0 aromatic carbocycles. The first kappa shape index (κ1) is 69.5. The second-order valence-electron chi connectivity index (χ2n) is 19.5. The molecule has 0 aromatic heterocycles. The predicted molar refractivity (Wildman–Crippen MR) is 320 cm³/mol. The van der Waals surface area contributed by atoms with Crippen LogP contribution in [0.15, 0.2) is 134 Å². The monoisotopic (exact) mass is 1020 g/mol. The normalized spacial score (nSPS) is 13.1. The van der Waals surface area contributed by atoms with Crippen LogP contribution in [0.2, 0.25) is 0 Å². The van der Waals surface area contributed by atoms with Crippen molar-refractivity contribution in [3.05, 3.63) is 134 Å². The molecule has 1 atom stereocenters. The lowest BCUT2D eigenvalue weighted by molar-refractivity contribution is -0.166. The van der Waals surface area contributed by atoms with Gasteiger partial charge in [0.25, 0.3) is 0 Å². The maximum absolute atomic E-state index is 12.9. The summed E-state index contributed by atoms with van der Waals surface area (Å²) < 4.78 is 16.8. The standard InChI is InChI=1S/C68H110O6/c1-4-7-10-13-16-19-22-25-28-31-33-34-36-37-40-43-46-49-52-55-58-61-67(70)73-64-65(63-72-66(69)60-57-54-51-48-45-42-39-30-27-24-21-18-15-12-9-6-3)74-68(71)62-59-56-53-50-47-44-41-38-35-32-29-26-23-20-17-14-11-8-5-2/h8,11,17,20-22,24-26,29-31,33,35-39,44,47,53,56,65H,4-7,9-10,12-16,18-19,23,27-28,32,34,40-43,45-46,48-52,54-55,57-64H2,1-3H3/b11-8-,20-17-,24-21-,25-22-,29-26-,33-31-,37-36-,38-35-,39-30-,47-44-,56-53-. The number of carbonyl (C=O) groups excluding carboxylic acids is 3. The molecule has 0 aliphatic rings. The van der Waals surface area contributed by atoms with Gasteiger partial charge in [-0.1, -0.05) is 244 Å². The summed E-state index contributed by atoms with van der Waals surface area (Å²) in [6.07, 6.45) is 85.9. The van der Waals surface area contributed by atoms with Gasteiger partial charge in [0.05, 0.1) is 0 Å². The zero-order valence-electron chi connectivity index (χ0n) is 47.8. The number of hydrogen-bond donors (Lipinski definition) is 0. The number of carbonyl (C=O) groups is 3. The highest BCUT2D eigenvalue weighted by Crippen LogP contribution is 2.13. The Bertz CT molecular complexity index is 1600. The van der Waals surface area contributed by atoms with Crippen LogP contribution in [-0.2, 0) is 28.6 Å². The van der Waals surface area contributed by atoms with Crippen LogP contribution in [0.3, 0.4) is 0 Å². The summed E-state index contributed by atoms with van der Waals surface area (Å²) in [6.45, 7) is 6.41. The number of rotatable bonds is 53. The van der Waals surface area contributed by atoms with Crippen LogP contribution in [0.4, 0.5) is 0 Å². The van der Waals surface area contributed by atoms with Crippen molar-refractivity contribution in [3.63, 3.8) is 0 Å². The molecule has 0 spiro atoms. The molecule has 0 N–H and O–H groups in total. The highest BCUT2D eigenvalue weighted by molar-refractivity contribution is 5.71. The van der Waals surface area contributed by atoms with Gasteiger partial charge in [-0.15, -0.1) is 0 Å². The molecule has 0 heterocycles. The number of unbranched alkanes of at least 4 members (excludes halogenated alkanes) is 20. The van der Waals surface area contributed by atoms with Crippen molar-refractivity contribution in [1.29, 1.82) is 0 Å². The van der Waals surface area contributed by atoms with Gasteiger partial charge in [0.1, 0.15) is 13.2 Å². The van der Waals surface area contributed by atoms with Crippen molar-refractivity contribution in [2.24, 2.45) is 0 Å². The van der Waals surface area contributed by atoms with Gasteiger partial charge >= 0.3 is 17.9 Å². The topological polar surface area (TPSA) is 78.9 Å². The Balaban J connectivity index is 4.56. The number of hydrogen-bond acceptors (Lipinski definition) is 6. The largest absolute Gasteiger partial charge is 0.462 e. The van der Waals surface area contributed by atoms with Crippen molar-refractivity contribution >= 4 is 17.9 Å². The summed E-state index contributed by atoms with van der Waals surface area (Å²) in [5.74, 6) is -1.04. The SMILES string of the molecule is CC/C=C\C/C=C\C/C=C\C/C=C\C/C=C\C/C=C\CCC(=O)OC(COC(=O)CCCCCCC/C=C\C/C=C\CCCCCC)COC(=O)CCCCCCCC/C=C\C/C=C\C/C=C\CCCCCCC. The zero-order chi connectivity index (χ0) is 53.6. The second-order valence-corrected chi connectivity index (χ2v) is 19.5. The first-order valence-corrected chi connectivity index (χ1v) is 30.2. The van der Waals surface area contributed by atoms with E-state index < -0.39 is 12.1 Å². The van der Waals surface area contributed by atoms with Crippen LogP contribution in [-0.4, -0.2) is 37.2 Å². The fourth-order valence-electron chi connectivity index (χ4n) is 7.86. The highest BCUT2D eigenvalue weighted by Gasteiger charge is 2.19. The van der Waals surface area contributed by atoms with E-state index in [1.807, 2.05) is 12.2 Å². The van der Waals surface area contributed by atoms with E-state index in [-0.39, 0.29) is 31.6 Å². The second kappa shape index (κ2) is 61.1. The molecular formula is C68H110O6. The first-order chi connectivity index (χ1) is 36.5. The van der Waals surface area contributed by atoms with Crippen molar-refractivity contribution in [2.75, 3.05) is 13.2 Å². The molecule has 0 saturated heterocycles. The summed E-state index contributed by atoms with van der Waals surface area (Å²) >= 11 is 0. The molecule has 0 aliphatic heterocycles. The zero-order valence-corrected chi connectivity index (χ0v) is 47.8. The minimum atomic E-state index is -0.836. The lowest BCUT2D eigenvalue weighted by Crippen LogP contribution is -2.30. The molecule has 0 fully saturated rings. The summed E-state index contributed by atoms with van der Waals surface area (Å²) in [5, 5.41) is 0. The van der Waals surface area contributed by atoms with Gasteiger partial charge in [-0.3, -0.25) is 14.4 Å². The third kappa shape index (κ3) is 58.4. The van der Waals surface area contributed by atoms with Crippen molar-refractivity contribution in [2.45, 2.75) is 264 Å². The van der Waals surface area contributed by atoms with Crippen molar-refractivity contribution in [1.82, 2.24) is 0 Å². The molecule has 0 aliphatic carbocycles. The van der Waals surface area contributed by atoms with Crippen LogP contribution in [0.1, 0.15) is 258 Å². The molecule has 0 rings (SSSR count). The molecule has 0 radical (unpaired) electrons. The van der Waals surface area contributed by atoms with Gasteiger partial charge in [-0.2, -0.15) is 0 Å². The van der Waals surface area contributed by atoms with E-state index >= 15 is 0 Å². The van der Waals surface area contributed by atoms with Crippen LogP contribution in [0, 0.1) is 0 Å². The Kier molecular flexibility index (Phi) is 57.4. The van der Waals surface area contributed by atoms with Gasteiger partial charge < -0.3 is 14.2 Å². The highest BCUT2D eigenvalue weighted by atomic mass is 16.6. The fraction of sp³-hybridized carbons (Fsp3) is 0.632.